The maximum atomic E-state index is 13.6. The van der Waals surface area contributed by atoms with Crippen molar-refractivity contribution >= 4 is 5.91 Å². The minimum atomic E-state index is -2.29. The smallest absolute Gasteiger partial charge is 0.260 e. The number of carbonyl (C=O) groups is 1. The van der Waals surface area contributed by atoms with E-state index in [0.29, 0.717) is 19.6 Å². The Labute approximate surface area is 122 Å². The van der Waals surface area contributed by atoms with Gasteiger partial charge >= 0.3 is 0 Å². The van der Waals surface area contributed by atoms with Crippen LogP contribution in [0.1, 0.15) is 10.4 Å². The molecule has 1 aromatic rings. The largest absolute Gasteiger partial charge is 0.395 e. The van der Waals surface area contributed by atoms with Crippen molar-refractivity contribution in [3.05, 3.63) is 34.6 Å². The first-order chi connectivity index (χ1) is 10.4. The van der Waals surface area contributed by atoms with Crippen LogP contribution in [0.25, 0.3) is 0 Å². The van der Waals surface area contributed by atoms with Gasteiger partial charge in [-0.1, -0.05) is 0 Å². The maximum Gasteiger partial charge on any atom is 0.260 e. The molecular weight excluding hydrogens is 311 g/mol. The number of benzene rings is 1. The highest BCUT2D eigenvalue weighted by atomic mass is 19.2. The Morgan fingerprint density at radius 1 is 0.864 bits per heavy atom. The quantitative estimate of drug-likeness (QED) is 0.515. The number of aliphatic hydroxyl groups excluding tert-OH is 1. The third-order valence-electron chi connectivity index (χ3n) is 3.50. The second kappa shape index (κ2) is 6.57. The van der Waals surface area contributed by atoms with Crippen molar-refractivity contribution in [2.45, 2.75) is 0 Å². The molecule has 9 heteroatoms. The summed E-state index contributed by atoms with van der Waals surface area (Å²) in [5.74, 6) is -12.1. The van der Waals surface area contributed by atoms with Crippen molar-refractivity contribution in [3.8, 4) is 0 Å². The summed E-state index contributed by atoms with van der Waals surface area (Å²) >= 11 is 0. The number of piperazine rings is 1. The molecule has 4 nitrogen and oxygen atoms in total. The molecule has 0 saturated carbocycles. The molecule has 122 valence electrons. The van der Waals surface area contributed by atoms with E-state index in [2.05, 4.69) is 0 Å². The molecule has 1 fully saturated rings. The lowest BCUT2D eigenvalue weighted by molar-refractivity contribution is 0.0602. The molecule has 1 amide bonds. The van der Waals surface area contributed by atoms with Gasteiger partial charge in [0.25, 0.3) is 5.91 Å². The molecule has 2 rings (SSSR count). The van der Waals surface area contributed by atoms with Crippen LogP contribution in [0.3, 0.4) is 0 Å². The number of carbonyl (C=O) groups excluding carboxylic acids is 1. The lowest BCUT2D eigenvalue weighted by Gasteiger charge is -2.34. The molecule has 1 aromatic carbocycles. The Kier molecular flexibility index (Phi) is 4.97. The van der Waals surface area contributed by atoms with Gasteiger partial charge in [0.2, 0.25) is 5.82 Å². The Morgan fingerprint density at radius 2 is 1.32 bits per heavy atom. The number of rotatable bonds is 3. The Bertz CT molecular complexity index is 559. The van der Waals surface area contributed by atoms with Crippen LogP contribution in [0.4, 0.5) is 22.0 Å². The molecule has 0 atom stereocenters. The Morgan fingerprint density at radius 3 is 1.77 bits per heavy atom. The van der Waals surface area contributed by atoms with Gasteiger partial charge in [-0.2, -0.15) is 0 Å². The van der Waals surface area contributed by atoms with Crippen LogP contribution in [0.15, 0.2) is 0 Å². The standard InChI is InChI=1S/C13H13F5N2O2/c14-8-7(9(15)11(17)12(18)10(8)16)13(22)20-3-1-19(2-4-20)5-6-21/h21H,1-6H2. The lowest BCUT2D eigenvalue weighted by atomic mass is 10.1. The molecule has 1 heterocycles. The third-order valence-corrected chi connectivity index (χ3v) is 3.50. The van der Waals surface area contributed by atoms with E-state index in [4.69, 9.17) is 5.11 Å². The predicted molar refractivity (Wildman–Crippen MR) is 65.7 cm³/mol. The number of nitrogens with zero attached hydrogens (tertiary/aromatic N) is 2. The average Bonchev–Trinajstić information content (AvgIpc) is 2.52. The first-order valence-corrected chi connectivity index (χ1v) is 6.52. The van der Waals surface area contributed by atoms with Gasteiger partial charge in [-0.25, -0.2) is 22.0 Å². The number of amides is 1. The monoisotopic (exact) mass is 324 g/mol. The third kappa shape index (κ3) is 2.91. The molecule has 0 aromatic heterocycles. The molecule has 1 saturated heterocycles. The van der Waals surface area contributed by atoms with Gasteiger partial charge < -0.3 is 10.0 Å². The van der Waals surface area contributed by atoms with Crippen molar-refractivity contribution in [1.29, 1.82) is 0 Å². The fraction of sp³-hybridized carbons (Fsp3) is 0.462. The summed E-state index contributed by atoms with van der Waals surface area (Å²) in [4.78, 5) is 14.9. The average molecular weight is 324 g/mol. The fourth-order valence-electron chi connectivity index (χ4n) is 2.27. The van der Waals surface area contributed by atoms with Crippen LogP contribution >= 0.6 is 0 Å². The topological polar surface area (TPSA) is 43.8 Å². The fourth-order valence-corrected chi connectivity index (χ4v) is 2.27. The molecule has 1 aliphatic rings. The van der Waals surface area contributed by atoms with Crippen molar-refractivity contribution in [2.24, 2.45) is 0 Å². The molecule has 0 radical (unpaired) electrons. The van der Waals surface area contributed by atoms with E-state index < -0.39 is 40.6 Å². The SMILES string of the molecule is O=C(c1c(F)c(F)c(F)c(F)c1F)N1CCN(CCO)CC1. The number of β-amino-alcohol motifs (C(OH)–C–C–N with tert-alkyl or cyclic N) is 1. The highest BCUT2D eigenvalue weighted by molar-refractivity contribution is 5.95. The summed E-state index contributed by atoms with van der Waals surface area (Å²) < 4.78 is 66.4. The van der Waals surface area contributed by atoms with Crippen LogP contribution in [-0.2, 0) is 0 Å². The number of aliphatic hydroxyl groups is 1. The summed E-state index contributed by atoms with van der Waals surface area (Å²) in [5.41, 5.74) is -1.44. The molecule has 0 unspecified atom stereocenters. The molecule has 0 bridgehead atoms. The normalized spacial score (nSPS) is 16.2. The van der Waals surface area contributed by atoms with Gasteiger partial charge in [0.15, 0.2) is 23.3 Å². The molecule has 1 aliphatic heterocycles. The van der Waals surface area contributed by atoms with Gasteiger partial charge in [-0.3, -0.25) is 9.69 Å². The Hall–Kier alpha value is -1.74. The van der Waals surface area contributed by atoms with E-state index in [1.807, 2.05) is 4.90 Å². The van der Waals surface area contributed by atoms with E-state index in [-0.39, 0.29) is 19.7 Å². The second-order valence-electron chi connectivity index (χ2n) is 4.80. The molecule has 1 N–H and O–H groups in total. The minimum absolute atomic E-state index is 0.0678. The lowest BCUT2D eigenvalue weighted by Crippen LogP contribution is -2.49. The molecule has 0 spiro atoms. The van der Waals surface area contributed by atoms with Crippen molar-refractivity contribution < 1.29 is 31.9 Å². The zero-order chi connectivity index (χ0) is 16.4. The van der Waals surface area contributed by atoms with Crippen LogP contribution < -0.4 is 0 Å². The van der Waals surface area contributed by atoms with Crippen LogP contribution in [-0.4, -0.2) is 60.1 Å². The van der Waals surface area contributed by atoms with Gasteiger partial charge in [0.1, 0.15) is 5.56 Å². The second-order valence-corrected chi connectivity index (χ2v) is 4.80. The van der Waals surface area contributed by atoms with Crippen molar-refractivity contribution in [2.75, 3.05) is 39.3 Å². The van der Waals surface area contributed by atoms with E-state index in [9.17, 15) is 26.7 Å². The van der Waals surface area contributed by atoms with E-state index in [0.717, 1.165) is 4.90 Å². The van der Waals surface area contributed by atoms with Gasteiger partial charge in [-0.05, 0) is 0 Å². The highest BCUT2D eigenvalue weighted by Crippen LogP contribution is 2.24. The van der Waals surface area contributed by atoms with Crippen molar-refractivity contribution in [3.63, 3.8) is 0 Å². The van der Waals surface area contributed by atoms with Crippen LogP contribution in [0.2, 0.25) is 0 Å². The zero-order valence-electron chi connectivity index (χ0n) is 11.4. The van der Waals surface area contributed by atoms with Gasteiger partial charge in [0, 0.05) is 32.7 Å². The van der Waals surface area contributed by atoms with Crippen LogP contribution in [0.5, 0.6) is 0 Å². The van der Waals surface area contributed by atoms with E-state index >= 15 is 0 Å². The zero-order valence-corrected chi connectivity index (χ0v) is 11.4. The highest BCUT2D eigenvalue weighted by Gasteiger charge is 2.33. The molecular formula is C13H13F5N2O2. The predicted octanol–water partition coefficient (Wildman–Crippen LogP) is 1.13. The molecule has 0 aliphatic carbocycles. The summed E-state index contributed by atoms with van der Waals surface area (Å²) in [6.07, 6.45) is 0. The van der Waals surface area contributed by atoms with Gasteiger partial charge in [-0.15, -0.1) is 0 Å². The maximum absolute atomic E-state index is 13.6. The first-order valence-electron chi connectivity index (χ1n) is 6.52. The van der Waals surface area contributed by atoms with Crippen molar-refractivity contribution in [1.82, 2.24) is 9.80 Å². The van der Waals surface area contributed by atoms with Crippen LogP contribution in [0, 0.1) is 29.1 Å². The van der Waals surface area contributed by atoms with E-state index in [1.54, 1.807) is 0 Å². The number of hydrogen-bond donors (Lipinski definition) is 1. The number of halogens is 5. The number of hydrogen-bond acceptors (Lipinski definition) is 3. The summed E-state index contributed by atoms with van der Waals surface area (Å²) in [7, 11) is 0. The van der Waals surface area contributed by atoms with Gasteiger partial charge in [0.05, 0.1) is 6.61 Å². The summed E-state index contributed by atoms with van der Waals surface area (Å²) in [5, 5.41) is 8.79. The van der Waals surface area contributed by atoms with E-state index in [1.165, 1.54) is 0 Å². The first kappa shape index (κ1) is 16.6. The summed E-state index contributed by atoms with van der Waals surface area (Å²) in [6.45, 7) is 1.11. The minimum Gasteiger partial charge on any atom is -0.395 e. The molecule has 22 heavy (non-hydrogen) atoms. The summed E-state index contributed by atoms with van der Waals surface area (Å²) in [6, 6.07) is 0. The Balaban J connectivity index is 2.24.